The second-order valence-corrected chi connectivity index (χ2v) is 4.68. The van der Waals surface area contributed by atoms with Gasteiger partial charge in [-0.1, -0.05) is 32.5 Å². The van der Waals surface area contributed by atoms with Crippen LogP contribution in [0.3, 0.4) is 0 Å². The van der Waals surface area contributed by atoms with Crippen LogP contribution >= 0.6 is 12.2 Å². The number of hydrogen-bond donors (Lipinski definition) is 2. The Morgan fingerprint density at radius 1 is 1.56 bits per heavy atom. The van der Waals surface area contributed by atoms with Crippen molar-refractivity contribution >= 4 is 28.8 Å². The number of thiocarbonyl (C=S) groups is 1. The molecular weight excluding hydrogens is 251 g/mol. The van der Waals surface area contributed by atoms with Crippen LogP contribution in [-0.2, 0) is 4.79 Å². The van der Waals surface area contributed by atoms with E-state index in [0.717, 1.165) is 12.8 Å². The molecule has 1 rings (SSSR count). The molecule has 1 unspecified atom stereocenters. The molecule has 1 amide bonds. The summed E-state index contributed by atoms with van der Waals surface area (Å²) in [5, 5.41) is 2.56. The number of halogens is 1. The van der Waals surface area contributed by atoms with Crippen LogP contribution in [0.15, 0.2) is 18.2 Å². The Morgan fingerprint density at radius 3 is 2.72 bits per heavy atom. The topological polar surface area (TPSA) is 55.1 Å². The summed E-state index contributed by atoms with van der Waals surface area (Å²) in [6.07, 6.45) is 1.69. The van der Waals surface area contributed by atoms with Crippen LogP contribution in [0.2, 0.25) is 0 Å². The summed E-state index contributed by atoms with van der Waals surface area (Å²) in [4.78, 5) is 11.9. The molecule has 0 heterocycles. The molecule has 1 aromatic rings. The molecule has 0 aromatic heterocycles. The molecule has 0 spiro atoms. The molecule has 1 aromatic carbocycles. The average molecular weight is 268 g/mol. The number of anilines is 1. The fraction of sp³-hybridized carbons (Fsp3) is 0.385. The Kier molecular flexibility index (Phi) is 5.22. The zero-order chi connectivity index (χ0) is 13.7. The molecule has 98 valence electrons. The van der Waals surface area contributed by atoms with E-state index in [-0.39, 0.29) is 22.5 Å². The summed E-state index contributed by atoms with van der Waals surface area (Å²) in [7, 11) is 0. The second-order valence-electron chi connectivity index (χ2n) is 4.24. The molecule has 3 nitrogen and oxygen atoms in total. The Balaban J connectivity index is 2.79. The van der Waals surface area contributed by atoms with Crippen molar-refractivity contribution in [1.29, 1.82) is 0 Å². The minimum absolute atomic E-state index is 0.131. The standard InChI is InChI=1S/C13H17FN2OS/c1-3-4-8(2)13(17)16-11-6-5-9(12(15)18)7-10(11)14/h5-8H,3-4H2,1-2H3,(H2,15,18)(H,16,17). The Hall–Kier alpha value is -1.49. The van der Waals surface area contributed by atoms with Crippen molar-refractivity contribution in [3.05, 3.63) is 29.6 Å². The Morgan fingerprint density at radius 2 is 2.22 bits per heavy atom. The van der Waals surface area contributed by atoms with Gasteiger partial charge in [0, 0.05) is 11.5 Å². The highest BCUT2D eigenvalue weighted by Gasteiger charge is 2.14. The monoisotopic (exact) mass is 268 g/mol. The molecule has 0 fully saturated rings. The highest BCUT2D eigenvalue weighted by atomic mass is 32.1. The van der Waals surface area contributed by atoms with E-state index in [1.54, 1.807) is 6.07 Å². The summed E-state index contributed by atoms with van der Waals surface area (Å²) in [5.74, 6) is -0.846. The highest BCUT2D eigenvalue weighted by molar-refractivity contribution is 7.80. The molecule has 3 N–H and O–H groups in total. The van der Waals surface area contributed by atoms with Crippen LogP contribution < -0.4 is 11.1 Å². The van der Waals surface area contributed by atoms with Gasteiger partial charge < -0.3 is 11.1 Å². The molecule has 0 aliphatic heterocycles. The molecule has 0 aliphatic carbocycles. The first-order valence-corrected chi connectivity index (χ1v) is 6.26. The van der Waals surface area contributed by atoms with Crippen molar-refractivity contribution in [2.75, 3.05) is 5.32 Å². The van der Waals surface area contributed by atoms with Crippen LogP contribution in [-0.4, -0.2) is 10.9 Å². The number of carbonyl (C=O) groups is 1. The third kappa shape index (κ3) is 3.77. The van der Waals surface area contributed by atoms with E-state index < -0.39 is 5.82 Å². The first-order valence-electron chi connectivity index (χ1n) is 5.86. The molecule has 18 heavy (non-hydrogen) atoms. The smallest absolute Gasteiger partial charge is 0.227 e. The van der Waals surface area contributed by atoms with E-state index in [9.17, 15) is 9.18 Å². The fourth-order valence-corrected chi connectivity index (χ4v) is 1.72. The van der Waals surface area contributed by atoms with Crippen molar-refractivity contribution in [2.24, 2.45) is 11.7 Å². The van der Waals surface area contributed by atoms with Gasteiger partial charge in [-0.25, -0.2) is 4.39 Å². The van der Waals surface area contributed by atoms with Gasteiger partial charge in [0.15, 0.2) is 0 Å². The summed E-state index contributed by atoms with van der Waals surface area (Å²) in [6, 6.07) is 4.29. The quantitative estimate of drug-likeness (QED) is 0.807. The summed E-state index contributed by atoms with van der Waals surface area (Å²) < 4.78 is 13.7. The van der Waals surface area contributed by atoms with Gasteiger partial charge in [0.1, 0.15) is 10.8 Å². The molecule has 1 atom stereocenters. The maximum absolute atomic E-state index is 13.7. The van der Waals surface area contributed by atoms with Gasteiger partial charge in [-0.05, 0) is 24.6 Å². The molecule has 0 saturated carbocycles. The first kappa shape index (κ1) is 14.6. The maximum Gasteiger partial charge on any atom is 0.227 e. The lowest BCUT2D eigenvalue weighted by molar-refractivity contribution is -0.119. The molecular formula is C13H17FN2OS. The predicted molar refractivity (Wildman–Crippen MR) is 75.0 cm³/mol. The van der Waals surface area contributed by atoms with Crippen LogP contribution in [0.5, 0.6) is 0 Å². The number of benzene rings is 1. The number of nitrogens with two attached hydrogens (primary N) is 1. The summed E-state index contributed by atoms with van der Waals surface area (Å²) in [6.45, 7) is 3.82. The molecule has 0 aliphatic rings. The largest absolute Gasteiger partial charge is 0.389 e. The number of nitrogens with one attached hydrogen (secondary N) is 1. The van der Waals surface area contributed by atoms with E-state index in [2.05, 4.69) is 5.32 Å². The highest BCUT2D eigenvalue weighted by Crippen LogP contribution is 2.17. The Bertz CT molecular complexity index is 462. The zero-order valence-corrected chi connectivity index (χ0v) is 11.3. The SMILES string of the molecule is CCCC(C)C(=O)Nc1ccc(C(N)=S)cc1F. The van der Waals surface area contributed by atoms with E-state index in [1.807, 2.05) is 13.8 Å². The van der Waals surface area contributed by atoms with E-state index in [4.69, 9.17) is 18.0 Å². The molecule has 0 bridgehead atoms. The van der Waals surface area contributed by atoms with E-state index in [1.165, 1.54) is 12.1 Å². The third-order valence-electron chi connectivity index (χ3n) is 2.68. The average Bonchev–Trinajstić information content (AvgIpc) is 2.31. The van der Waals surface area contributed by atoms with Crippen LogP contribution in [0, 0.1) is 11.7 Å². The zero-order valence-electron chi connectivity index (χ0n) is 10.5. The van der Waals surface area contributed by atoms with Crippen LogP contribution in [0.1, 0.15) is 32.3 Å². The molecule has 5 heteroatoms. The lowest BCUT2D eigenvalue weighted by Crippen LogP contribution is -2.21. The van der Waals surface area contributed by atoms with Gasteiger partial charge in [0.2, 0.25) is 5.91 Å². The number of amides is 1. The number of hydrogen-bond acceptors (Lipinski definition) is 2. The van der Waals surface area contributed by atoms with Crippen molar-refractivity contribution in [3.8, 4) is 0 Å². The van der Waals surface area contributed by atoms with E-state index >= 15 is 0 Å². The minimum Gasteiger partial charge on any atom is -0.389 e. The van der Waals surface area contributed by atoms with Gasteiger partial charge in [0.25, 0.3) is 0 Å². The molecule has 0 radical (unpaired) electrons. The number of rotatable bonds is 5. The van der Waals surface area contributed by atoms with Gasteiger partial charge >= 0.3 is 0 Å². The summed E-state index contributed by atoms with van der Waals surface area (Å²) >= 11 is 4.75. The maximum atomic E-state index is 13.7. The van der Waals surface area contributed by atoms with Crippen LogP contribution in [0.25, 0.3) is 0 Å². The normalized spacial score (nSPS) is 11.9. The Labute approximate surface area is 112 Å². The lowest BCUT2D eigenvalue weighted by Gasteiger charge is -2.12. The minimum atomic E-state index is -0.530. The lowest BCUT2D eigenvalue weighted by atomic mass is 10.1. The second kappa shape index (κ2) is 6.44. The van der Waals surface area contributed by atoms with E-state index in [0.29, 0.717) is 5.56 Å². The van der Waals surface area contributed by atoms with Gasteiger partial charge in [0.05, 0.1) is 5.69 Å². The van der Waals surface area contributed by atoms with Crippen molar-refractivity contribution in [3.63, 3.8) is 0 Å². The number of carbonyl (C=O) groups excluding carboxylic acids is 1. The fourth-order valence-electron chi connectivity index (χ4n) is 1.59. The van der Waals surface area contributed by atoms with Gasteiger partial charge in [-0.3, -0.25) is 4.79 Å². The summed E-state index contributed by atoms with van der Waals surface area (Å²) in [5.41, 5.74) is 6.00. The van der Waals surface area contributed by atoms with Crippen molar-refractivity contribution in [2.45, 2.75) is 26.7 Å². The predicted octanol–water partition coefficient (Wildman–Crippen LogP) is 2.83. The first-order chi connectivity index (χ1) is 8.45. The van der Waals surface area contributed by atoms with Crippen molar-refractivity contribution in [1.82, 2.24) is 0 Å². The van der Waals surface area contributed by atoms with Crippen molar-refractivity contribution < 1.29 is 9.18 Å². The molecule has 0 saturated heterocycles. The van der Waals surface area contributed by atoms with Gasteiger partial charge in [-0.15, -0.1) is 0 Å². The van der Waals surface area contributed by atoms with Gasteiger partial charge in [-0.2, -0.15) is 0 Å². The van der Waals surface area contributed by atoms with Crippen LogP contribution in [0.4, 0.5) is 10.1 Å². The third-order valence-corrected chi connectivity index (χ3v) is 2.92.